The minimum atomic E-state index is -0.289. The quantitative estimate of drug-likeness (QED) is 0.229. The van der Waals surface area contributed by atoms with Gasteiger partial charge in [0.15, 0.2) is 11.5 Å². The van der Waals surface area contributed by atoms with Gasteiger partial charge in [-0.2, -0.15) is 5.10 Å². The summed E-state index contributed by atoms with van der Waals surface area (Å²) in [6.07, 6.45) is 7.40. The van der Waals surface area contributed by atoms with Crippen LogP contribution < -0.4 is 5.32 Å². The summed E-state index contributed by atoms with van der Waals surface area (Å²) in [4.78, 5) is 29.0. The van der Waals surface area contributed by atoms with E-state index in [2.05, 4.69) is 37.4 Å². The van der Waals surface area contributed by atoms with Crippen LogP contribution in [0.15, 0.2) is 73.2 Å². The summed E-state index contributed by atoms with van der Waals surface area (Å²) in [5.41, 5.74) is 7.00. The van der Waals surface area contributed by atoms with E-state index >= 15 is 0 Å². The number of imidazole rings is 1. The Hall–Kier alpha value is -4.92. The first-order valence-corrected chi connectivity index (χ1v) is 12.4. The number of anilines is 1. The number of amides is 1. The maximum Gasteiger partial charge on any atom is 0.224 e. The van der Waals surface area contributed by atoms with E-state index in [4.69, 9.17) is 4.98 Å². The van der Waals surface area contributed by atoms with Gasteiger partial charge in [-0.15, -0.1) is 0 Å². The third-order valence-corrected chi connectivity index (χ3v) is 6.45. The van der Waals surface area contributed by atoms with Crippen molar-refractivity contribution in [2.24, 2.45) is 0 Å². The van der Waals surface area contributed by atoms with Gasteiger partial charge in [-0.1, -0.05) is 31.5 Å². The fourth-order valence-electron chi connectivity index (χ4n) is 4.49. The Morgan fingerprint density at radius 2 is 1.84 bits per heavy atom. The molecule has 0 bridgehead atoms. The van der Waals surface area contributed by atoms with Crippen molar-refractivity contribution >= 4 is 33.7 Å². The number of aromatic nitrogens is 6. The number of carbonyl (C=O) groups is 1. The number of carbonyl (C=O) groups excluding carboxylic acids is 1. The van der Waals surface area contributed by atoms with Gasteiger partial charge in [0, 0.05) is 35.3 Å². The number of halogens is 1. The smallest absolute Gasteiger partial charge is 0.224 e. The number of rotatable bonds is 7. The van der Waals surface area contributed by atoms with E-state index in [0.717, 1.165) is 51.5 Å². The molecule has 0 saturated heterocycles. The van der Waals surface area contributed by atoms with Crippen molar-refractivity contribution in [3.05, 3.63) is 79.0 Å². The highest BCUT2D eigenvalue weighted by Crippen LogP contribution is 2.33. The zero-order chi connectivity index (χ0) is 26.1. The lowest BCUT2D eigenvalue weighted by molar-refractivity contribution is -0.116. The molecule has 188 valence electrons. The molecule has 8 nitrogen and oxygen atoms in total. The van der Waals surface area contributed by atoms with Crippen LogP contribution in [0.5, 0.6) is 0 Å². The van der Waals surface area contributed by atoms with Crippen LogP contribution in [-0.4, -0.2) is 36.0 Å². The molecular formula is C29H24FN7O. The molecule has 0 aliphatic carbocycles. The molecule has 0 aliphatic heterocycles. The number of nitrogens with zero attached hydrogens (tertiary/aromatic N) is 4. The second kappa shape index (κ2) is 9.85. The van der Waals surface area contributed by atoms with Crippen LogP contribution in [0, 0.1) is 5.82 Å². The molecule has 0 saturated carbocycles. The second-order valence-electron chi connectivity index (χ2n) is 9.10. The Morgan fingerprint density at radius 3 is 2.68 bits per heavy atom. The summed E-state index contributed by atoms with van der Waals surface area (Å²) in [6, 6.07) is 16.1. The summed E-state index contributed by atoms with van der Waals surface area (Å²) >= 11 is 0. The fourth-order valence-corrected chi connectivity index (χ4v) is 4.49. The van der Waals surface area contributed by atoms with Crippen LogP contribution in [0.4, 0.5) is 10.1 Å². The van der Waals surface area contributed by atoms with Crippen molar-refractivity contribution < 1.29 is 9.18 Å². The Morgan fingerprint density at radius 1 is 1.00 bits per heavy atom. The van der Waals surface area contributed by atoms with Crippen molar-refractivity contribution in [3.8, 4) is 33.8 Å². The normalized spacial score (nSPS) is 11.3. The lowest BCUT2D eigenvalue weighted by Crippen LogP contribution is -2.11. The van der Waals surface area contributed by atoms with Crippen molar-refractivity contribution in [1.82, 2.24) is 30.1 Å². The molecule has 38 heavy (non-hydrogen) atoms. The summed E-state index contributed by atoms with van der Waals surface area (Å²) in [6.45, 7) is 2.06. The largest absolute Gasteiger partial charge is 0.335 e. The number of H-pyrrole nitrogens is 2. The number of hydrogen-bond donors (Lipinski definition) is 3. The van der Waals surface area contributed by atoms with E-state index < -0.39 is 0 Å². The highest BCUT2D eigenvalue weighted by molar-refractivity contribution is 5.98. The zero-order valence-electron chi connectivity index (χ0n) is 20.6. The van der Waals surface area contributed by atoms with Crippen LogP contribution in [0.3, 0.4) is 0 Å². The molecule has 6 rings (SSSR count). The lowest BCUT2D eigenvalue weighted by Gasteiger charge is -2.07. The summed E-state index contributed by atoms with van der Waals surface area (Å²) in [5, 5.41) is 11.4. The average molecular weight is 506 g/mol. The van der Waals surface area contributed by atoms with Gasteiger partial charge >= 0.3 is 0 Å². The molecular weight excluding hydrogens is 481 g/mol. The Kier molecular flexibility index (Phi) is 6.09. The first-order valence-electron chi connectivity index (χ1n) is 12.4. The van der Waals surface area contributed by atoms with Crippen molar-refractivity contribution in [1.29, 1.82) is 0 Å². The van der Waals surface area contributed by atoms with Crippen molar-refractivity contribution in [2.45, 2.75) is 26.2 Å². The molecule has 4 aromatic heterocycles. The average Bonchev–Trinajstić information content (AvgIpc) is 3.56. The van der Waals surface area contributed by atoms with Crippen LogP contribution in [0.25, 0.3) is 55.8 Å². The van der Waals surface area contributed by atoms with Gasteiger partial charge in [0.05, 0.1) is 22.9 Å². The number of aromatic amines is 2. The summed E-state index contributed by atoms with van der Waals surface area (Å²) in [7, 11) is 0. The number of benzene rings is 2. The predicted molar refractivity (Wildman–Crippen MR) is 146 cm³/mol. The van der Waals surface area contributed by atoms with E-state index in [1.165, 1.54) is 12.1 Å². The maximum atomic E-state index is 13.5. The molecule has 9 heteroatoms. The van der Waals surface area contributed by atoms with Gasteiger partial charge in [0.25, 0.3) is 0 Å². The molecule has 1 amide bonds. The Labute approximate surface area is 217 Å². The molecule has 3 N–H and O–H groups in total. The van der Waals surface area contributed by atoms with Gasteiger partial charge in [-0.05, 0) is 53.9 Å². The fraction of sp³-hybridized carbons (Fsp3) is 0.138. The summed E-state index contributed by atoms with van der Waals surface area (Å²) in [5.74, 6) is 0.264. The molecule has 0 atom stereocenters. The van der Waals surface area contributed by atoms with Gasteiger partial charge < -0.3 is 10.3 Å². The molecule has 0 radical (unpaired) electrons. The number of unbranched alkanes of at least 4 members (excludes halogenated alkanes) is 1. The van der Waals surface area contributed by atoms with E-state index in [0.29, 0.717) is 29.3 Å². The van der Waals surface area contributed by atoms with Gasteiger partial charge in [-0.25, -0.2) is 14.4 Å². The van der Waals surface area contributed by atoms with E-state index in [1.807, 2.05) is 30.3 Å². The molecule has 0 fully saturated rings. The maximum absolute atomic E-state index is 13.5. The third-order valence-electron chi connectivity index (χ3n) is 6.45. The topological polar surface area (TPSA) is 112 Å². The van der Waals surface area contributed by atoms with E-state index in [-0.39, 0.29) is 11.7 Å². The van der Waals surface area contributed by atoms with Crippen LogP contribution in [0.1, 0.15) is 26.2 Å². The first kappa shape index (κ1) is 23.5. The van der Waals surface area contributed by atoms with E-state index in [1.54, 1.807) is 30.7 Å². The molecule has 0 aliphatic rings. The van der Waals surface area contributed by atoms with Crippen molar-refractivity contribution in [2.75, 3.05) is 5.32 Å². The first-order chi connectivity index (χ1) is 18.6. The monoisotopic (exact) mass is 505 g/mol. The van der Waals surface area contributed by atoms with Gasteiger partial charge in [0.1, 0.15) is 11.5 Å². The number of pyridine rings is 2. The van der Waals surface area contributed by atoms with Crippen LogP contribution in [0.2, 0.25) is 0 Å². The predicted octanol–water partition coefficient (Wildman–Crippen LogP) is 6.50. The molecule has 0 unspecified atom stereocenters. The van der Waals surface area contributed by atoms with Crippen LogP contribution in [-0.2, 0) is 4.79 Å². The minimum absolute atomic E-state index is 0.0168. The van der Waals surface area contributed by atoms with Crippen LogP contribution >= 0.6 is 0 Å². The van der Waals surface area contributed by atoms with Gasteiger partial charge in [0.2, 0.25) is 5.91 Å². The number of nitrogens with one attached hydrogen (secondary N) is 3. The number of hydrogen-bond acceptors (Lipinski definition) is 5. The zero-order valence-corrected chi connectivity index (χ0v) is 20.6. The molecule has 2 aromatic carbocycles. The highest BCUT2D eigenvalue weighted by atomic mass is 19.1. The summed E-state index contributed by atoms with van der Waals surface area (Å²) < 4.78 is 13.5. The van der Waals surface area contributed by atoms with Crippen molar-refractivity contribution in [3.63, 3.8) is 0 Å². The minimum Gasteiger partial charge on any atom is -0.335 e. The second-order valence-corrected chi connectivity index (χ2v) is 9.10. The Bertz CT molecular complexity index is 1770. The lowest BCUT2D eigenvalue weighted by atomic mass is 10.0. The third kappa shape index (κ3) is 4.50. The van der Waals surface area contributed by atoms with E-state index in [9.17, 15) is 9.18 Å². The number of fused-ring (bicyclic) bond motifs is 2. The Balaban J connectivity index is 1.37. The molecule has 0 spiro atoms. The standard InChI is InChI=1S/C29H24FN7O/c1-2-3-4-25(38)33-21-13-19(15-31-16-21)18-7-10-24-23(14-18)27(37-36-24)29-34-26-22(11-12-32-28(26)35-29)17-5-8-20(30)9-6-17/h5-16H,2-4H2,1H3,(H,33,38)(H,36,37)(H,32,34,35). The molecule has 4 heterocycles. The highest BCUT2D eigenvalue weighted by Gasteiger charge is 2.16. The van der Waals surface area contributed by atoms with Gasteiger partial charge in [-0.3, -0.25) is 14.9 Å². The SMILES string of the molecule is CCCCC(=O)Nc1cncc(-c2ccc3[nH]nc(-c4nc5nccc(-c6ccc(F)cc6)c5[nH]4)c3c2)c1. The molecule has 6 aromatic rings.